The van der Waals surface area contributed by atoms with E-state index in [2.05, 4.69) is 31.3 Å². The summed E-state index contributed by atoms with van der Waals surface area (Å²) in [5.74, 6) is -0.491. The van der Waals surface area contributed by atoms with Crippen LogP contribution in [0.3, 0.4) is 0 Å². The molecule has 148 valence electrons. The molecule has 5 nitrogen and oxygen atoms in total. The number of nitrogens with zero attached hydrogens (tertiary/aromatic N) is 3. The van der Waals surface area contributed by atoms with Crippen LogP contribution >= 0.6 is 27.3 Å². The van der Waals surface area contributed by atoms with E-state index in [0.29, 0.717) is 9.39 Å². The van der Waals surface area contributed by atoms with Crippen molar-refractivity contribution < 1.29 is 18.0 Å². The quantitative estimate of drug-likeness (QED) is 0.562. The third kappa shape index (κ3) is 3.67. The zero-order valence-corrected chi connectivity index (χ0v) is 17.0. The smallest absolute Gasteiger partial charge is 0.348 e. The molecule has 1 saturated carbocycles. The van der Waals surface area contributed by atoms with Gasteiger partial charge in [-0.3, -0.25) is 4.79 Å². The first kappa shape index (κ1) is 19.4. The molecule has 3 aromatic heterocycles. The van der Waals surface area contributed by atoms with Crippen molar-refractivity contribution in [2.24, 2.45) is 0 Å². The van der Waals surface area contributed by atoms with Gasteiger partial charge < -0.3 is 5.32 Å². The minimum absolute atomic E-state index is 0.0229. The number of amides is 1. The molecule has 3 heterocycles. The van der Waals surface area contributed by atoms with E-state index < -0.39 is 17.8 Å². The van der Waals surface area contributed by atoms with Crippen LogP contribution in [-0.4, -0.2) is 26.5 Å². The van der Waals surface area contributed by atoms with E-state index in [-0.39, 0.29) is 27.5 Å². The Morgan fingerprint density at radius 2 is 2.04 bits per heavy atom. The summed E-state index contributed by atoms with van der Waals surface area (Å²) < 4.78 is 41.8. The molecule has 0 bridgehead atoms. The van der Waals surface area contributed by atoms with Crippen LogP contribution in [0.15, 0.2) is 28.1 Å². The number of fused-ring (bicyclic) bond motifs is 1. The van der Waals surface area contributed by atoms with E-state index in [1.807, 2.05) is 0 Å². The zero-order valence-electron chi connectivity index (χ0n) is 14.6. The summed E-state index contributed by atoms with van der Waals surface area (Å²) >= 11 is 4.54. The first-order valence-corrected chi connectivity index (χ1v) is 10.5. The van der Waals surface area contributed by atoms with E-state index in [4.69, 9.17) is 0 Å². The van der Waals surface area contributed by atoms with Gasteiger partial charge in [0.05, 0.1) is 15.0 Å². The molecule has 0 radical (unpaired) electrons. The lowest BCUT2D eigenvalue weighted by Gasteiger charge is -2.22. The van der Waals surface area contributed by atoms with Crippen molar-refractivity contribution in [1.82, 2.24) is 19.9 Å². The Morgan fingerprint density at radius 3 is 2.68 bits per heavy atom. The average molecular weight is 473 g/mol. The highest BCUT2D eigenvalue weighted by Crippen LogP contribution is 2.35. The summed E-state index contributed by atoms with van der Waals surface area (Å²) in [5, 5.41) is 8.60. The summed E-state index contributed by atoms with van der Waals surface area (Å²) in [6.07, 6.45) is 0.281. The molecule has 1 aliphatic rings. The topological polar surface area (TPSA) is 59.3 Å². The third-order valence-electron chi connectivity index (χ3n) is 4.75. The van der Waals surface area contributed by atoms with E-state index in [9.17, 15) is 18.0 Å². The average Bonchev–Trinajstić information content (AvgIpc) is 3.30. The molecule has 0 spiro atoms. The van der Waals surface area contributed by atoms with Gasteiger partial charge in [-0.25, -0.2) is 9.50 Å². The molecular weight excluding hydrogens is 457 g/mol. The summed E-state index contributed by atoms with van der Waals surface area (Å²) in [6.45, 7) is 0. The van der Waals surface area contributed by atoms with Gasteiger partial charge in [0, 0.05) is 6.04 Å². The van der Waals surface area contributed by atoms with Gasteiger partial charge in [0.1, 0.15) is 0 Å². The molecule has 0 aromatic carbocycles. The number of aromatic nitrogens is 3. The molecular formula is C18H16BrF3N4OS. The van der Waals surface area contributed by atoms with Crippen LogP contribution in [0.5, 0.6) is 0 Å². The number of carbonyl (C=O) groups is 1. The fourth-order valence-corrected chi connectivity index (χ4v) is 4.59. The van der Waals surface area contributed by atoms with Crippen LogP contribution in [0.2, 0.25) is 0 Å². The zero-order chi connectivity index (χ0) is 19.9. The van der Waals surface area contributed by atoms with Gasteiger partial charge in [-0.2, -0.15) is 18.3 Å². The molecule has 28 heavy (non-hydrogen) atoms. The lowest BCUT2D eigenvalue weighted by atomic mass is 9.95. The molecule has 3 aromatic rings. The van der Waals surface area contributed by atoms with Crippen LogP contribution < -0.4 is 5.32 Å². The highest BCUT2D eigenvalue weighted by Gasteiger charge is 2.37. The molecule has 0 atom stereocenters. The van der Waals surface area contributed by atoms with E-state index in [0.717, 1.165) is 38.2 Å². The Morgan fingerprint density at radius 1 is 1.29 bits per heavy atom. The Bertz CT molecular complexity index is 1010. The monoisotopic (exact) mass is 472 g/mol. The number of hydrogen-bond donors (Lipinski definition) is 1. The number of hydrogen-bond acceptors (Lipinski definition) is 4. The van der Waals surface area contributed by atoms with Crippen LogP contribution in [-0.2, 0) is 6.18 Å². The van der Waals surface area contributed by atoms with Gasteiger partial charge in [0.25, 0.3) is 5.91 Å². The first-order chi connectivity index (χ1) is 13.3. The van der Waals surface area contributed by atoms with Gasteiger partial charge in [-0.15, -0.1) is 11.3 Å². The van der Waals surface area contributed by atoms with Crippen molar-refractivity contribution in [3.05, 3.63) is 39.4 Å². The number of alkyl halides is 3. The minimum Gasteiger partial charge on any atom is -0.348 e. The molecule has 0 aliphatic heterocycles. The molecule has 1 amide bonds. The first-order valence-electron chi connectivity index (χ1n) is 8.86. The summed E-state index contributed by atoms with van der Waals surface area (Å²) in [4.78, 5) is 17.6. The highest BCUT2D eigenvalue weighted by molar-refractivity contribution is 9.10. The fourth-order valence-electron chi connectivity index (χ4n) is 3.39. The fraction of sp³-hybridized carbons (Fsp3) is 0.389. The SMILES string of the molecule is O=C(NC1CCCCC1)c1nn2c(C(F)(F)F)cc(-c3cccs3)nc2c1Br. The molecule has 10 heteroatoms. The molecule has 0 saturated heterocycles. The summed E-state index contributed by atoms with van der Waals surface area (Å²) in [5.41, 5.74) is -0.910. The van der Waals surface area contributed by atoms with Gasteiger partial charge in [0.15, 0.2) is 17.0 Å². The van der Waals surface area contributed by atoms with Crippen molar-refractivity contribution in [3.8, 4) is 10.6 Å². The second kappa shape index (κ2) is 7.47. The van der Waals surface area contributed by atoms with Crippen LogP contribution in [0.1, 0.15) is 48.3 Å². The molecule has 1 N–H and O–H groups in total. The number of carbonyl (C=O) groups excluding carboxylic acids is 1. The molecule has 1 fully saturated rings. The maximum atomic E-state index is 13.7. The van der Waals surface area contributed by atoms with Crippen LogP contribution in [0.25, 0.3) is 16.2 Å². The normalized spacial score (nSPS) is 15.9. The number of halogens is 4. The van der Waals surface area contributed by atoms with Gasteiger partial charge in [-0.1, -0.05) is 25.3 Å². The van der Waals surface area contributed by atoms with Crippen LogP contribution in [0, 0.1) is 0 Å². The molecule has 1 aliphatic carbocycles. The Kier molecular flexibility index (Phi) is 5.17. The Labute approximate surface area is 171 Å². The lowest BCUT2D eigenvalue weighted by Crippen LogP contribution is -2.36. The van der Waals surface area contributed by atoms with E-state index in [1.54, 1.807) is 17.5 Å². The third-order valence-corrected chi connectivity index (χ3v) is 6.37. The van der Waals surface area contributed by atoms with Crippen molar-refractivity contribution in [2.45, 2.75) is 44.3 Å². The highest BCUT2D eigenvalue weighted by atomic mass is 79.9. The van der Waals surface area contributed by atoms with E-state index in [1.165, 1.54) is 11.3 Å². The second-order valence-electron chi connectivity index (χ2n) is 6.71. The maximum Gasteiger partial charge on any atom is 0.433 e. The van der Waals surface area contributed by atoms with E-state index >= 15 is 0 Å². The Balaban J connectivity index is 1.79. The summed E-state index contributed by atoms with van der Waals surface area (Å²) in [7, 11) is 0. The molecule has 4 rings (SSSR count). The maximum absolute atomic E-state index is 13.7. The van der Waals surface area contributed by atoms with Crippen molar-refractivity contribution in [1.29, 1.82) is 0 Å². The lowest BCUT2D eigenvalue weighted by molar-refractivity contribution is -0.142. The number of nitrogens with one attached hydrogen (secondary N) is 1. The standard InChI is InChI=1S/C18H16BrF3N4OS/c19-14-15(17(27)23-10-5-2-1-3-6-10)25-26-13(18(20,21)22)9-11(24-16(14)26)12-7-4-8-28-12/h4,7-10H,1-3,5-6H2,(H,23,27). The predicted molar refractivity (Wildman–Crippen MR) is 103 cm³/mol. The number of rotatable bonds is 3. The van der Waals surface area contributed by atoms with Gasteiger partial charge in [0.2, 0.25) is 0 Å². The number of thiophene rings is 1. The minimum atomic E-state index is -4.64. The largest absolute Gasteiger partial charge is 0.433 e. The van der Waals surface area contributed by atoms with Crippen molar-refractivity contribution >= 4 is 38.8 Å². The second-order valence-corrected chi connectivity index (χ2v) is 8.45. The molecule has 0 unspecified atom stereocenters. The van der Waals surface area contributed by atoms with Crippen molar-refractivity contribution in [2.75, 3.05) is 0 Å². The van der Waals surface area contributed by atoms with Crippen molar-refractivity contribution in [3.63, 3.8) is 0 Å². The van der Waals surface area contributed by atoms with Gasteiger partial charge in [-0.05, 0) is 46.3 Å². The summed E-state index contributed by atoms with van der Waals surface area (Å²) in [6, 6.07) is 4.42. The van der Waals surface area contributed by atoms with Crippen LogP contribution in [0.4, 0.5) is 13.2 Å². The van der Waals surface area contributed by atoms with Gasteiger partial charge >= 0.3 is 6.18 Å². The Hall–Kier alpha value is -1.94. The predicted octanol–water partition coefficient (Wildman–Crippen LogP) is 5.30.